The first-order chi connectivity index (χ1) is 13.5. The summed E-state index contributed by atoms with van der Waals surface area (Å²) in [5.41, 5.74) is 1.89. The van der Waals surface area contributed by atoms with E-state index in [1.54, 1.807) is 28.6 Å². The maximum atomic E-state index is 12.9. The van der Waals surface area contributed by atoms with Crippen LogP contribution in [0.25, 0.3) is 5.52 Å². The molecule has 0 aliphatic carbocycles. The average Bonchev–Trinajstić information content (AvgIpc) is 3.11. The van der Waals surface area contributed by atoms with E-state index < -0.39 is 0 Å². The Morgan fingerprint density at radius 1 is 1.14 bits per heavy atom. The van der Waals surface area contributed by atoms with Crippen LogP contribution in [0.1, 0.15) is 59.4 Å². The molecule has 0 bridgehead atoms. The normalized spacial score (nSPS) is 12.0. The first-order valence-electron chi connectivity index (χ1n) is 9.61. The third-order valence-electron chi connectivity index (χ3n) is 4.80. The quantitative estimate of drug-likeness (QED) is 0.682. The third kappa shape index (κ3) is 4.06. The lowest BCUT2D eigenvalue weighted by molar-refractivity contribution is 0.0780. The number of aromatic nitrogens is 2. The summed E-state index contributed by atoms with van der Waals surface area (Å²) in [5.74, 6) is -0.230. The van der Waals surface area contributed by atoms with E-state index in [4.69, 9.17) is 0 Å². The van der Waals surface area contributed by atoms with Crippen LogP contribution in [-0.4, -0.2) is 39.7 Å². The first kappa shape index (κ1) is 19.6. The van der Waals surface area contributed by atoms with E-state index in [2.05, 4.69) is 17.2 Å². The molecule has 2 aromatic heterocycles. The van der Waals surface area contributed by atoms with E-state index in [1.165, 1.54) is 0 Å². The van der Waals surface area contributed by atoms with Gasteiger partial charge in [0.25, 0.3) is 11.8 Å². The first-order valence-corrected chi connectivity index (χ1v) is 9.61. The van der Waals surface area contributed by atoms with Crippen molar-refractivity contribution in [2.45, 2.75) is 32.7 Å². The average molecular weight is 378 g/mol. The number of benzene rings is 1. The van der Waals surface area contributed by atoms with Crippen LogP contribution in [0.2, 0.25) is 0 Å². The Balaban J connectivity index is 1.89. The van der Waals surface area contributed by atoms with Crippen molar-refractivity contribution in [3.8, 4) is 0 Å². The molecule has 3 rings (SSSR count). The minimum absolute atomic E-state index is 0.166. The largest absolute Gasteiger partial charge is 0.344 e. The van der Waals surface area contributed by atoms with Gasteiger partial charge < -0.3 is 10.2 Å². The van der Waals surface area contributed by atoms with Gasteiger partial charge >= 0.3 is 0 Å². The molecular formula is C22H26N4O2. The molecule has 0 fully saturated rings. The smallest absolute Gasteiger partial charge is 0.289 e. The third-order valence-corrected chi connectivity index (χ3v) is 4.80. The number of rotatable bonds is 7. The molecule has 0 saturated carbocycles. The zero-order valence-electron chi connectivity index (χ0n) is 16.6. The summed E-state index contributed by atoms with van der Waals surface area (Å²) in [6.07, 6.45) is 3.69. The second kappa shape index (κ2) is 8.69. The van der Waals surface area contributed by atoms with Crippen LogP contribution in [-0.2, 0) is 0 Å². The topological polar surface area (TPSA) is 66.7 Å². The number of unbranched alkanes of at least 4 members (excludes halogenated alkanes) is 1. The van der Waals surface area contributed by atoms with Gasteiger partial charge in [-0.05, 0) is 31.0 Å². The number of nitrogens with zero attached hydrogens (tertiary/aromatic N) is 3. The molecule has 1 aromatic carbocycles. The van der Waals surface area contributed by atoms with E-state index in [0.717, 1.165) is 18.4 Å². The highest BCUT2D eigenvalue weighted by atomic mass is 16.2. The number of amides is 2. The van der Waals surface area contributed by atoms with Gasteiger partial charge in [-0.25, -0.2) is 4.98 Å². The maximum absolute atomic E-state index is 12.9. The second-order valence-corrected chi connectivity index (χ2v) is 6.93. The Morgan fingerprint density at radius 2 is 1.86 bits per heavy atom. The Labute approximate surface area is 165 Å². The number of pyridine rings is 1. The molecule has 146 valence electrons. The van der Waals surface area contributed by atoms with Crippen LogP contribution in [0.4, 0.5) is 0 Å². The summed E-state index contributed by atoms with van der Waals surface area (Å²) in [5, 5.41) is 2.98. The molecule has 1 atom stereocenters. The Hall–Kier alpha value is -3.15. The van der Waals surface area contributed by atoms with Gasteiger partial charge in [0.05, 0.1) is 11.6 Å². The number of hydrogen-bond acceptors (Lipinski definition) is 3. The monoisotopic (exact) mass is 378 g/mol. The van der Waals surface area contributed by atoms with Gasteiger partial charge in [0.2, 0.25) is 5.82 Å². The summed E-state index contributed by atoms with van der Waals surface area (Å²) < 4.78 is 1.69. The van der Waals surface area contributed by atoms with E-state index in [-0.39, 0.29) is 29.4 Å². The predicted octanol–water partition coefficient (Wildman–Crippen LogP) is 3.70. The predicted molar refractivity (Wildman–Crippen MR) is 109 cm³/mol. The van der Waals surface area contributed by atoms with Gasteiger partial charge in [0.15, 0.2) is 5.69 Å². The number of carbonyl (C=O) groups is 2. The van der Waals surface area contributed by atoms with Gasteiger partial charge in [-0.2, -0.15) is 0 Å². The molecule has 6 nitrogen and oxygen atoms in total. The van der Waals surface area contributed by atoms with Crippen molar-refractivity contribution in [3.05, 3.63) is 71.8 Å². The molecule has 6 heteroatoms. The lowest BCUT2D eigenvalue weighted by atomic mass is 10.1. The summed E-state index contributed by atoms with van der Waals surface area (Å²) in [6, 6.07) is 15.0. The Kier molecular flexibility index (Phi) is 6.09. The Bertz CT molecular complexity index is 965. The zero-order valence-corrected chi connectivity index (χ0v) is 16.6. The van der Waals surface area contributed by atoms with Gasteiger partial charge in [-0.15, -0.1) is 0 Å². The van der Waals surface area contributed by atoms with Crippen LogP contribution < -0.4 is 5.32 Å². The van der Waals surface area contributed by atoms with Crippen LogP contribution in [0, 0.1) is 0 Å². The molecule has 3 aromatic rings. The van der Waals surface area contributed by atoms with Gasteiger partial charge in [0, 0.05) is 19.8 Å². The molecule has 0 aliphatic heterocycles. The lowest BCUT2D eigenvalue weighted by Gasteiger charge is -2.15. The highest BCUT2D eigenvalue weighted by Crippen LogP contribution is 2.17. The fourth-order valence-corrected chi connectivity index (χ4v) is 3.11. The highest BCUT2D eigenvalue weighted by Gasteiger charge is 2.24. The van der Waals surface area contributed by atoms with Crippen molar-refractivity contribution in [2.24, 2.45) is 0 Å². The van der Waals surface area contributed by atoms with Gasteiger partial charge in [0.1, 0.15) is 0 Å². The molecule has 0 radical (unpaired) electrons. The van der Waals surface area contributed by atoms with Crippen LogP contribution in [0.15, 0.2) is 54.7 Å². The molecule has 0 saturated heterocycles. The number of hydrogen-bond donors (Lipinski definition) is 1. The van der Waals surface area contributed by atoms with Gasteiger partial charge in [-0.3, -0.25) is 14.0 Å². The van der Waals surface area contributed by atoms with Crippen LogP contribution >= 0.6 is 0 Å². The van der Waals surface area contributed by atoms with Crippen LogP contribution in [0.3, 0.4) is 0 Å². The number of carbonyl (C=O) groups excluding carboxylic acids is 2. The molecule has 28 heavy (non-hydrogen) atoms. The SMILES string of the molecule is CCCCN(C)C(=O)c1nc(C(=O)NC(C)c2ccccc2)c2ccccn12. The Morgan fingerprint density at radius 3 is 2.57 bits per heavy atom. The fourth-order valence-electron chi connectivity index (χ4n) is 3.11. The molecular weight excluding hydrogens is 352 g/mol. The lowest BCUT2D eigenvalue weighted by Crippen LogP contribution is -2.30. The number of imidazole rings is 1. The fraction of sp³-hybridized carbons (Fsp3) is 0.318. The van der Waals surface area contributed by atoms with E-state index in [0.29, 0.717) is 12.1 Å². The maximum Gasteiger partial charge on any atom is 0.289 e. The van der Waals surface area contributed by atoms with Crippen molar-refractivity contribution >= 4 is 17.3 Å². The standard InChI is InChI=1S/C22H26N4O2/c1-4-5-14-25(3)22(28)20-24-19(18-13-9-10-15-26(18)20)21(27)23-16(2)17-11-7-6-8-12-17/h6-13,15-16H,4-5,14H2,1-3H3,(H,23,27). The summed E-state index contributed by atoms with van der Waals surface area (Å²) in [4.78, 5) is 31.8. The van der Waals surface area contributed by atoms with E-state index >= 15 is 0 Å². The second-order valence-electron chi connectivity index (χ2n) is 6.93. The number of fused-ring (bicyclic) bond motifs is 1. The van der Waals surface area contributed by atoms with Crippen molar-refractivity contribution in [1.82, 2.24) is 19.6 Å². The minimum Gasteiger partial charge on any atom is -0.344 e. The molecule has 0 aliphatic rings. The van der Waals surface area contributed by atoms with Crippen molar-refractivity contribution < 1.29 is 9.59 Å². The minimum atomic E-state index is -0.296. The zero-order chi connectivity index (χ0) is 20.1. The van der Waals surface area contributed by atoms with Crippen molar-refractivity contribution in [3.63, 3.8) is 0 Å². The number of nitrogens with one attached hydrogen (secondary N) is 1. The summed E-state index contributed by atoms with van der Waals surface area (Å²) in [7, 11) is 1.76. The molecule has 0 spiro atoms. The molecule has 1 unspecified atom stereocenters. The van der Waals surface area contributed by atoms with Crippen LogP contribution in [0.5, 0.6) is 0 Å². The van der Waals surface area contributed by atoms with Crippen molar-refractivity contribution in [2.75, 3.05) is 13.6 Å². The molecule has 2 amide bonds. The molecule has 2 heterocycles. The molecule has 1 N–H and O–H groups in total. The summed E-state index contributed by atoms with van der Waals surface area (Å²) >= 11 is 0. The highest BCUT2D eigenvalue weighted by molar-refractivity contribution is 6.02. The van der Waals surface area contributed by atoms with Gasteiger partial charge in [-0.1, -0.05) is 49.7 Å². The van der Waals surface area contributed by atoms with E-state index in [1.807, 2.05) is 49.4 Å². The van der Waals surface area contributed by atoms with E-state index in [9.17, 15) is 9.59 Å². The summed E-state index contributed by atoms with van der Waals surface area (Å²) in [6.45, 7) is 4.67. The van der Waals surface area contributed by atoms with Crippen molar-refractivity contribution in [1.29, 1.82) is 0 Å².